The summed E-state index contributed by atoms with van der Waals surface area (Å²) in [4.78, 5) is 17.7. The molecule has 0 aliphatic heterocycles. The highest BCUT2D eigenvalue weighted by molar-refractivity contribution is 7.92. The number of para-hydroxylation sites is 2. The molecule has 1 amide bonds. The first kappa shape index (κ1) is 23.0. The van der Waals surface area contributed by atoms with Crippen molar-refractivity contribution in [2.45, 2.75) is 4.90 Å². The SMILES string of the molecule is O=C(Nc1ccc(-c2nc3ccccc3s2)cc1)c1ccccc1NS(=O)(=O)c1ccc(Cl)cc1. The zero-order valence-electron chi connectivity index (χ0n) is 18.1. The van der Waals surface area contributed by atoms with E-state index in [9.17, 15) is 13.2 Å². The molecule has 0 fully saturated rings. The Labute approximate surface area is 211 Å². The zero-order chi connectivity index (χ0) is 24.4. The number of halogens is 1. The molecule has 0 saturated carbocycles. The van der Waals surface area contributed by atoms with Gasteiger partial charge in [0.05, 0.1) is 26.4 Å². The number of benzene rings is 4. The summed E-state index contributed by atoms with van der Waals surface area (Å²) in [5.74, 6) is -0.438. The number of rotatable bonds is 6. The number of hydrogen-bond donors (Lipinski definition) is 2. The predicted octanol–water partition coefficient (Wildman–Crippen LogP) is 6.67. The van der Waals surface area contributed by atoms with Crippen LogP contribution in [0.3, 0.4) is 0 Å². The molecule has 0 atom stereocenters. The van der Waals surface area contributed by atoms with Gasteiger partial charge in [0.1, 0.15) is 5.01 Å². The summed E-state index contributed by atoms with van der Waals surface area (Å²) in [5.41, 5.74) is 2.84. The molecule has 1 aromatic heterocycles. The van der Waals surface area contributed by atoms with E-state index >= 15 is 0 Å². The highest BCUT2D eigenvalue weighted by Gasteiger charge is 2.19. The molecule has 0 aliphatic rings. The molecule has 0 bridgehead atoms. The van der Waals surface area contributed by atoms with Gasteiger partial charge in [-0.15, -0.1) is 11.3 Å². The Morgan fingerprint density at radius 3 is 2.26 bits per heavy atom. The second-order valence-corrected chi connectivity index (χ2v) is 10.8. The molecule has 0 spiro atoms. The Morgan fingerprint density at radius 2 is 1.51 bits per heavy atom. The number of fused-ring (bicyclic) bond motifs is 1. The van der Waals surface area contributed by atoms with Crippen LogP contribution < -0.4 is 10.0 Å². The van der Waals surface area contributed by atoms with E-state index in [1.807, 2.05) is 36.4 Å². The van der Waals surface area contributed by atoms with Crippen LogP contribution in [0.5, 0.6) is 0 Å². The molecular weight excluding hydrogens is 502 g/mol. The van der Waals surface area contributed by atoms with Crippen LogP contribution in [0.15, 0.2) is 102 Å². The molecule has 2 N–H and O–H groups in total. The zero-order valence-corrected chi connectivity index (χ0v) is 20.5. The van der Waals surface area contributed by atoms with Gasteiger partial charge in [0.2, 0.25) is 0 Å². The molecule has 5 aromatic rings. The lowest BCUT2D eigenvalue weighted by atomic mass is 10.1. The molecule has 0 saturated heterocycles. The summed E-state index contributed by atoms with van der Waals surface area (Å²) < 4.78 is 29.2. The summed E-state index contributed by atoms with van der Waals surface area (Å²) in [7, 11) is -3.90. The number of sulfonamides is 1. The maximum atomic E-state index is 13.0. The highest BCUT2D eigenvalue weighted by Crippen LogP contribution is 2.31. The molecule has 35 heavy (non-hydrogen) atoms. The Morgan fingerprint density at radius 1 is 0.829 bits per heavy atom. The third-order valence-corrected chi connectivity index (χ3v) is 7.94. The predicted molar refractivity (Wildman–Crippen MR) is 142 cm³/mol. The molecule has 4 aromatic carbocycles. The van der Waals surface area contributed by atoms with Crippen molar-refractivity contribution in [3.8, 4) is 10.6 Å². The smallest absolute Gasteiger partial charge is 0.261 e. The molecular formula is C26H18ClN3O3S2. The van der Waals surface area contributed by atoms with E-state index < -0.39 is 15.9 Å². The van der Waals surface area contributed by atoms with Gasteiger partial charge in [-0.1, -0.05) is 35.9 Å². The maximum absolute atomic E-state index is 13.0. The van der Waals surface area contributed by atoms with Gasteiger partial charge in [0.25, 0.3) is 15.9 Å². The molecule has 0 radical (unpaired) electrons. The standard InChI is InChI=1S/C26H18ClN3O3S2/c27-18-11-15-20(16-12-18)35(32,33)30-22-6-2-1-5-21(22)25(31)28-19-13-9-17(10-14-19)26-29-23-7-3-4-8-24(23)34-26/h1-16,30H,(H,28,31). The van der Waals surface area contributed by atoms with Crippen molar-refractivity contribution in [2.75, 3.05) is 10.0 Å². The van der Waals surface area contributed by atoms with Gasteiger partial charge in [0, 0.05) is 16.3 Å². The van der Waals surface area contributed by atoms with Gasteiger partial charge < -0.3 is 5.32 Å². The molecule has 5 rings (SSSR count). The largest absolute Gasteiger partial charge is 0.322 e. The average molecular weight is 520 g/mol. The van der Waals surface area contributed by atoms with Gasteiger partial charge in [0.15, 0.2) is 0 Å². The molecule has 9 heteroatoms. The lowest BCUT2D eigenvalue weighted by Crippen LogP contribution is -2.18. The van der Waals surface area contributed by atoms with Crippen LogP contribution in [0.1, 0.15) is 10.4 Å². The Hall–Kier alpha value is -3.72. The van der Waals surface area contributed by atoms with Crippen LogP contribution in [-0.4, -0.2) is 19.3 Å². The van der Waals surface area contributed by atoms with E-state index in [1.165, 1.54) is 24.3 Å². The van der Waals surface area contributed by atoms with Crippen LogP contribution in [0.4, 0.5) is 11.4 Å². The van der Waals surface area contributed by atoms with E-state index in [0.29, 0.717) is 10.7 Å². The number of amides is 1. The average Bonchev–Trinajstić information content (AvgIpc) is 3.29. The van der Waals surface area contributed by atoms with Gasteiger partial charge in [-0.05, 0) is 72.8 Å². The minimum Gasteiger partial charge on any atom is -0.322 e. The second kappa shape index (κ2) is 9.50. The number of aromatic nitrogens is 1. The number of hydrogen-bond acceptors (Lipinski definition) is 5. The molecule has 0 unspecified atom stereocenters. The first-order valence-corrected chi connectivity index (χ1v) is 13.2. The molecule has 0 aliphatic carbocycles. The molecule has 1 heterocycles. The normalized spacial score (nSPS) is 11.3. The minimum absolute atomic E-state index is 0.0440. The molecule has 6 nitrogen and oxygen atoms in total. The van der Waals surface area contributed by atoms with Crippen molar-refractivity contribution in [1.82, 2.24) is 4.98 Å². The van der Waals surface area contributed by atoms with Gasteiger partial charge in [-0.2, -0.15) is 0 Å². The number of nitrogens with zero attached hydrogens (tertiary/aromatic N) is 1. The third kappa shape index (κ3) is 5.05. The van der Waals surface area contributed by atoms with Crippen LogP contribution in [0, 0.1) is 0 Å². The van der Waals surface area contributed by atoms with Crippen LogP contribution in [-0.2, 0) is 10.0 Å². The summed E-state index contributed by atoms with van der Waals surface area (Å²) in [6, 6.07) is 27.5. The Balaban J connectivity index is 1.34. The van der Waals surface area contributed by atoms with Crippen molar-refractivity contribution in [3.63, 3.8) is 0 Å². The van der Waals surface area contributed by atoms with E-state index in [2.05, 4.69) is 15.0 Å². The number of nitrogens with one attached hydrogen (secondary N) is 2. The lowest BCUT2D eigenvalue weighted by Gasteiger charge is -2.13. The van der Waals surface area contributed by atoms with Gasteiger partial charge in [-0.3, -0.25) is 9.52 Å². The minimum atomic E-state index is -3.90. The summed E-state index contributed by atoms with van der Waals surface area (Å²) >= 11 is 7.46. The van der Waals surface area contributed by atoms with E-state index in [-0.39, 0.29) is 16.1 Å². The summed E-state index contributed by atoms with van der Waals surface area (Å²) in [6.45, 7) is 0. The van der Waals surface area contributed by atoms with Crippen molar-refractivity contribution in [1.29, 1.82) is 0 Å². The van der Waals surface area contributed by atoms with Gasteiger partial charge >= 0.3 is 0 Å². The number of carbonyl (C=O) groups excluding carboxylic acids is 1. The van der Waals surface area contributed by atoms with Crippen LogP contribution in [0.2, 0.25) is 5.02 Å². The van der Waals surface area contributed by atoms with Crippen molar-refractivity contribution in [3.05, 3.63) is 108 Å². The van der Waals surface area contributed by atoms with E-state index in [1.54, 1.807) is 47.7 Å². The van der Waals surface area contributed by atoms with Gasteiger partial charge in [-0.25, -0.2) is 13.4 Å². The second-order valence-electron chi connectivity index (χ2n) is 7.62. The number of thiazole rings is 1. The Bertz CT molecular complexity index is 1600. The first-order chi connectivity index (χ1) is 16.9. The quantitative estimate of drug-likeness (QED) is 0.262. The molecule has 174 valence electrons. The van der Waals surface area contributed by atoms with E-state index in [0.717, 1.165) is 20.8 Å². The fourth-order valence-electron chi connectivity index (χ4n) is 3.48. The highest BCUT2D eigenvalue weighted by atomic mass is 35.5. The Kier molecular flexibility index (Phi) is 6.25. The van der Waals surface area contributed by atoms with Crippen LogP contribution in [0.25, 0.3) is 20.8 Å². The number of anilines is 2. The first-order valence-electron chi connectivity index (χ1n) is 10.5. The topological polar surface area (TPSA) is 88.2 Å². The van der Waals surface area contributed by atoms with E-state index in [4.69, 9.17) is 11.6 Å². The van der Waals surface area contributed by atoms with Crippen molar-refractivity contribution in [2.24, 2.45) is 0 Å². The summed E-state index contributed by atoms with van der Waals surface area (Å²) in [5, 5.41) is 4.15. The van der Waals surface area contributed by atoms with Crippen LogP contribution >= 0.6 is 22.9 Å². The fourth-order valence-corrected chi connectivity index (χ4v) is 5.65. The lowest BCUT2D eigenvalue weighted by molar-refractivity contribution is 0.102. The summed E-state index contributed by atoms with van der Waals surface area (Å²) in [6.07, 6.45) is 0. The third-order valence-electron chi connectivity index (χ3n) is 5.22. The van der Waals surface area contributed by atoms with Crippen molar-refractivity contribution >= 4 is 60.5 Å². The number of carbonyl (C=O) groups is 1. The monoisotopic (exact) mass is 519 g/mol. The maximum Gasteiger partial charge on any atom is 0.261 e. The van der Waals surface area contributed by atoms with Crippen molar-refractivity contribution < 1.29 is 13.2 Å². The fraction of sp³-hybridized carbons (Fsp3) is 0.